The fourth-order valence-electron chi connectivity index (χ4n) is 1.62. The zero-order valence-corrected chi connectivity index (χ0v) is 12.9. The normalized spacial score (nSPS) is 11.2. The lowest BCUT2D eigenvalue weighted by Crippen LogP contribution is -2.00. The highest BCUT2D eigenvalue weighted by atomic mass is 32.2. The first-order valence-electron chi connectivity index (χ1n) is 6.90. The Labute approximate surface area is 116 Å². The Morgan fingerprint density at radius 3 is 2.28 bits per heavy atom. The molecular formula is C16H26OS. The summed E-state index contributed by atoms with van der Waals surface area (Å²) in [5.74, 6) is 4.82. The van der Waals surface area contributed by atoms with Gasteiger partial charge in [-0.05, 0) is 47.5 Å². The largest absolute Gasteiger partial charge is 0.494 e. The minimum atomic E-state index is 0.589. The van der Waals surface area contributed by atoms with Crippen LogP contribution < -0.4 is 4.74 Å². The maximum absolute atomic E-state index is 5.73. The topological polar surface area (TPSA) is 9.23 Å². The Hall–Kier alpha value is -0.630. The third kappa shape index (κ3) is 6.34. The van der Waals surface area contributed by atoms with Gasteiger partial charge in [-0.25, -0.2) is 0 Å². The lowest BCUT2D eigenvalue weighted by atomic mass is 10.0. The molecule has 1 rings (SSSR count). The fraction of sp³-hybridized carbons (Fsp3) is 0.625. The van der Waals surface area contributed by atoms with Crippen LogP contribution in [0.5, 0.6) is 5.75 Å². The second-order valence-electron chi connectivity index (χ2n) is 5.39. The minimum absolute atomic E-state index is 0.589. The Morgan fingerprint density at radius 1 is 1.06 bits per heavy atom. The van der Waals surface area contributed by atoms with Gasteiger partial charge in [-0.2, -0.15) is 11.8 Å². The summed E-state index contributed by atoms with van der Waals surface area (Å²) in [4.78, 5) is 0. The number of hydrogen-bond acceptors (Lipinski definition) is 2. The molecule has 0 N–H and O–H groups in total. The third-order valence-corrected chi connectivity index (χ3v) is 4.18. The standard InChI is InChI=1S/C16H26OS/c1-13(2)12-18-11-5-10-17-16-8-6-15(7-9-16)14(3)4/h6-9,13-14H,5,10-12H2,1-4H3. The molecule has 0 radical (unpaired) electrons. The first-order valence-corrected chi connectivity index (χ1v) is 8.05. The fourth-order valence-corrected chi connectivity index (χ4v) is 2.58. The highest BCUT2D eigenvalue weighted by molar-refractivity contribution is 7.99. The molecule has 0 bridgehead atoms. The van der Waals surface area contributed by atoms with Crippen molar-refractivity contribution in [2.24, 2.45) is 5.92 Å². The SMILES string of the molecule is CC(C)CSCCCOc1ccc(C(C)C)cc1. The number of ether oxygens (including phenoxy) is 1. The second kappa shape index (κ2) is 8.47. The molecule has 0 saturated carbocycles. The van der Waals surface area contributed by atoms with Gasteiger partial charge in [0, 0.05) is 0 Å². The van der Waals surface area contributed by atoms with Crippen LogP contribution in [0.3, 0.4) is 0 Å². The predicted molar refractivity (Wildman–Crippen MR) is 82.8 cm³/mol. The molecule has 0 amide bonds. The van der Waals surface area contributed by atoms with Crippen molar-refractivity contribution < 1.29 is 4.74 Å². The number of rotatable bonds is 8. The zero-order chi connectivity index (χ0) is 13.4. The zero-order valence-electron chi connectivity index (χ0n) is 12.1. The van der Waals surface area contributed by atoms with Crippen molar-refractivity contribution in [3.05, 3.63) is 29.8 Å². The first-order chi connectivity index (χ1) is 8.59. The molecule has 0 aliphatic heterocycles. The molecule has 102 valence electrons. The van der Waals surface area contributed by atoms with Gasteiger partial charge in [0.25, 0.3) is 0 Å². The van der Waals surface area contributed by atoms with Gasteiger partial charge in [0.1, 0.15) is 5.75 Å². The predicted octanol–water partition coefficient (Wildman–Crippen LogP) is 4.97. The van der Waals surface area contributed by atoms with Crippen LogP contribution >= 0.6 is 11.8 Å². The molecule has 0 aromatic heterocycles. The van der Waals surface area contributed by atoms with Gasteiger partial charge in [-0.3, -0.25) is 0 Å². The molecule has 0 aliphatic rings. The summed E-state index contributed by atoms with van der Waals surface area (Å²) in [6.07, 6.45) is 1.13. The smallest absolute Gasteiger partial charge is 0.119 e. The summed E-state index contributed by atoms with van der Waals surface area (Å²) >= 11 is 2.02. The van der Waals surface area contributed by atoms with E-state index in [9.17, 15) is 0 Å². The lowest BCUT2D eigenvalue weighted by Gasteiger charge is -2.09. The van der Waals surface area contributed by atoms with Crippen molar-refractivity contribution in [3.63, 3.8) is 0 Å². The average molecular weight is 266 g/mol. The van der Waals surface area contributed by atoms with Crippen LogP contribution in [0, 0.1) is 5.92 Å². The van der Waals surface area contributed by atoms with Crippen molar-refractivity contribution in [2.45, 2.75) is 40.0 Å². The number of thioether (sulfide) groups is 1. The van der Waals surface area contributed by atoms with Crippen molar-refractivity contribution in [1.29, 1.82) is 0 Å². The Balaban J connectivity index is 2.15. The van der Waals surface area contributed by atoms with E-state index in [-0.39, 0.29) is 0 Å². The van der Waals surface area contributed by atoms with Crippen LogP contribution in [-0.2, 0) is 0 Å². The molecule has 1 nitrogen and oxygen atoms in total. The monoisotopic (exact) mass is 266 g/mol. The molecule has 1 aromatic rings. The van der Waals surface area contributed by atoms with E-state index in [4.69, 9.17) is 4.74 Å². The third-order valence-electron chi connectivity index (χ3n) is 2.70. The van der Waals surface area contributed by atoms with Gasteiger partial charge in [0.2, 0.25) is 0 Å². The second-order valence-corrected chi connectivity index (χ2v) is 6.54. The summed E-state index contributed by atoms with van der Waals surface area (Å²) < 4.78 is 5.73. The van der Waals surface area contributed by atoms with E-state index in [1.54, 1.807) is 0 Å². The molecule has 0 spiro atoms. The van der Waals surface area contributed by atoms with E-state index in [1.165, 1.54) is 17.1 Å². The van der Waals surface area contributed by atoms with Gasteiger partial charge < -0.3 is 4.74 Å². The molecule has 0 saturated heterocycles. The summed E-state index contributed by atoms with van der Waals surface area (Å²) in [7, 11) is 0. The molecule has 0 atom stereocenters. The molecule has 1 aromatic carbocycles. The summed E-state index contributed by atoms with van der Waals surface area (Å²) in [6, 6.07) is 8.48. The van der Waals surface area contributed by atoms with Crippen molar-refractivity contribution >= 4 is 11.8 Å². The quantitative estimate of drug-likeness (QED) is 0.614. The van der Waals surface area contributed by atoms with Gasteiger partial charge in [0.05, 0.1) is 6.61 Å². The molecule has 2 heteroatoms. The summed E-state index contributed by atoms with van der Waals surface area (Å²) in [5.41, 5.74) is 1.37. The van der Waals surface area contributed by atoms with Gasteiger partial charge in [-0.1, -0.05) is 39.8 Å². The number of hydrogen-bond donors (Lipinski definition) is 0. The van der Waals surface area contributed by atoms with Crippen molar-refractivity contribution in [3.8, 4) is 5.75 Å². The van der Waals surface area contributed by atoms with Gasteiger partial charge in [-0.15, -0.1) is 0 Å². The van der Waals surface area contributed by atoms with Crippen LogP contribution in [0.25, 0.3) is 0 Å². The van der Waals surface area contributed by atoms with Crippen LogP contribution in [0.2, 0.25) is 0 Å². The van der Waals surface area contributed by atoms with Crippen LogP contribution in [0.1, 0.15) is 45.6 Å². The maximum Gasteiger partial charge on any atom is 0.119 e. The lowest BCUT2D eigenvalue weighted by molar-refractivity contribution is 0.318. The number of benzene rings is 1. The first kappa shape index (κ1) is 15.4. The minimum Gasteiger partial charge on any atom is -0.494 e. The summed E-state index contributed by atoms with van der Waals surface area (Å²) in [5, 5.41) is 0. The van der Waals surface area contributed by atoms with Crippen LogP contribution in [0.15, 0.2) is 24.3 Å². The summed E-state index contributed by atoms with van der Waals surface area (Å²) in [6.45, 7) is 9.77. The van der Waals surface area contributed by atoms with E-state index < -0.39 is 0 Å². The van der Waals surface area contributed by atoms with E-state index in [0.29, 0.717) is 5.92 Å². The highest BCUT2D eigenvalue weighted by Gasteiger charge is 1.99. The maximum atomic E-state index is 5.73. The average Bonchev–Trinajstić information content (AvgIpc) is 2.34. The Kier molecular flexibility index (Phi) is 7.26. The van der Waals surface area contributed by atoms with Crippen molar-refractivity contribution in [2.75, 3.05) is 18.1 Å². The van der Waals surface area contributed by atoms with E-state index in [1.807, 2.05) is 11.8 Å². The molecule has 0 unspecified atom stereocenters. The van der Waals surface area contributed by atoms with Crippen LogP contribution in [0.4, 0.5) is 0 Å². The Morgan fingerprint density at radius 2 is 1.72 bits per heavy atom. The molecule has 18 heavy (non-hydrogen) atoms. The molecule has 0 heterocycles. The van der Waals surface area contributed by atoms with Crippen LogP contribution in [-0.4, -0.2) is 18.1 Å². The molecular weight excluding hydrogens is 240 g/mol. The van der Waals surface area contributed by atoms with E-state index in [2.05, 4.69) is 52.0 Å². The van der Waals surface area contributed by atoms with Gasteiger partial charge in [0.15, 0.2) is 0 Å². The molecule has 0 aliphatic carbocycles. The van der Waals surface area contributed by atoms with Gasteiger partial charge >= 0.3 is 0 Å². The highest BCUT2D eigenvalue weighted by Crippen LogP contribution is 2.18. The molecule has 0 fully saturated rings. The van der Waals surface area contributed by atoms with E-state index in [0.717, 1.165) is 24.7 Å². The van der Waals surface area contributed by atoms with E-state index >= 15 is 0 Å². The van der Waals surface area contributed by atoms with Crippen molar-refractivity contribution in [1.82, 2.24) is 0 Å². The Bertz CT molecular complexity index is 316.